The van der Waals surface area contributed by atoms with Gasteiger partial charge in [-0.05, 0) is 0 Å². The molecule has 0 saturated carbocycles. The fraction of sp³-hybridized carbons (Fsp3) is 0. The summed E-state index contributed by atoms with van der Waals surface area (Å²) in [5.41, 5.74) is 0. The predicted molar refractivity (Wildman–Crippen MR) is 5.75 cm³/mol. The second-order valence-corrected chi connectivity index (χ2v) is 3.74. The van der Waals surface area contributed by atoms with Gasteiger partial charge in [0.2, 0.25) is 0 Å². The molecule has 0 aromatic carbocycles. The van der Waals surface area contributed by atoms with Crippen LogP contribution in [0.3, 0.4) is 0 Å². The molecule has 0 atom stereocenters. The molecule has 0 aromatic heterocycles. The molecule has 0 amide bonds. The molecule has 27 valence electrons. The number of hydrogen-bond donors (Lipinski definition) is 0. The average molecular weight is 215 g/mol. The van der Waals surface area contributed by atoms with Crippen LogP contribution in [0.5, 0.6) is 0 Å². The summed E-state index contributed by atoms with van der Waals surface area (Å²) in [6.07, 6.45) is 0. The van der Waals surface area contributed by atoms with Gasteiger partial charge in [-0.15, -0.1) is 0 Å². The molecule has 0 heterocycles. The molecule has 0 N–H and O–H groups in total. The summed E-state index contributed by atoms with van der Waals surface area (Å²) >= 11 is 1.10. The van der Waals surface area contributed by atoms with E-state index < -0.39 is 10.8 Å². The first-order chi connectivity index (χ1) is 1.73. The molecular formula is MnO2Te-2. The van der Waals surface area contributed by atoms with E-state index >= 15 is 0 Å². The zero-order valence-electron chi connectivity index (χ0n) is 1.60. The molecule has 0 fully saturated rings. The van der Waals surface area contributed by atoms with Gasteiger partial charge >= 0.3 is 38.7 Å². The first-order valence-corrected chi connectivity index (χ1v) is 5.54. The first kappa shape index (κ1) is 5.23. The molecule has 0 spiro atoms. The van der Waals surface area contributed by atoms with Crippen molar-refractivity contribution >= 4 is 19.5 Å². The van der Waals surface area contributed by atoms with Crippen molar-refractivity contribution in [1.29, 1.82) is 0 Å². The Morgan fingerprint density at radius 1 is 1.50 bits per heavy atom. The Balaban J connectivity index is 2.80. The second-order valence-electron chi connectivity index (χ2n) is 0.189. The zero-order valence-corrected chi connectivity index (χ0v) is 5.11. The van der Waals surface area contributed by atoms with Crippen molar-refractivity contribution < 1.29 is 19.2 Å². The summed E-state index contributed by atoms with van der Waals surface area (Å²) in [5, 5.41) is 0. The van der Waals surface area contributed by atoms with Crippen LogP contribution < -0.4 is 8.38 Å². The SMILES string of the molecule is [O-][Mn]([O-])=[Te]. The Labute approximate surface area is 38.8 Å². The molecule has 0 unspecified atom stereocenters. The van der Waals surface area contributed by atoms with E-state index in [0.29, 0.717) is 0 Å². The molecule has 0 rings (SSSR count). The average Bonchev–Trinajstić information content (AvgIpc) is 0.811. The third-order valence-electron chi connectivity index (χ3n) is 0. The molecule has 0 aliphatic rings. The van der Waals surface area contributed by atoms with Gasteiger partial charge in [0, 0.05) is 0 Å². The van der Waals surface area contributed by atoms with Crippen LogP contribution in [0, 0.1) is 0 Å². The predicted octanol–water partition coefficient (Wildman–Crippen LogP) is -2.76. The number of rotatable bonds is 0. The van der Waals surface area contributed by atoms with E-state index in [1.165, 1.54) is 0 Å². The van der Waals surface area contributed by atoms with Crippen LogP contribution in [-0.4, -0.2) is 19.5 Å². The second kappa shape index (κ2) is 2.47. The Bertz CT molecular complexity index is 29.0. The maximum atomic E-state index is 9.08. The van der Waals surface area contributed by atoms with Crippen LogP contribution in [-0.2, 0) is 10.8 Å². The van der Waals surface area contributed by atoms with Gasteiger partial charge in [0.05, 0.1) is 0 Å². The minimum atomic E-state index is -2.39. The van der Waals surface area contributed by atoms with Gasteiger partial charge < -0.3 is 0 Å². The Morgan fingerprint density at radius 3 is 1.50 bits per heavy atom. The molecule has 0 aliphatic heterocycles. The maximum absolute atomic E-state index is 9.08. The number of hydrogen-bond acceptors (Lipinski definition) is 2. The summed E-state index contributed by atoms with van der Waals surface area (Å²) in [7, 11) is -2.39. The van der Waals surface area contributed by atoms with Crippen LogP contribution in [0.2, 0.25) is 0 Å². The molecular weight excluding hydrogens is 215 g/mol. The van der Waals surface area contributed by atoms with Crippen molar-refractivity contribution in [2.24, 2.45) is 0 Å². The molecule has 2 nitrogen and oxygen atoms in total. The Morgan fingerprint density at radius 2 is 1.50 bits per heavy atom. The minimum absolute atomic E-state index is 1.10. The third-order valence-corrected chi connectivity index (χ3v) is 0. The summed E-state index contributed by atoms with van der Waals surface area (Å²) in [6.45, 7) is 0. The molecule has 4 heteroatoms. The van der Waals surface area contributed by atoms with E-state index in [1.54, 1.807) is 0 Å². The summed E-state index contributed by atoms with van der Waals surface area (Å²) in [5.74, 6) is 0. The Kier molecular flexibility index (Phi) is 3.22. The summed E-state index contributed by atoms with van der Waals surface area (Å²) in [4.78, 5) is 0. The van der Waals surface area contributed by atoms with Crippen LogP contribution in [0.4, 0.5) is 0 Å². The van der Waals surface area contributed by atoms with E-state index in [2.05, 4.69) is 0 Å². The standard InChI is InChI=1S/Mn.2O.Te/q;2*-1;. The molecule has 4 heavy (non-hydrogen) atoms. The van der Waals surface area contributed by atoms with E-state index in [0.717, 1.165) is 19.5 Å². The van der Waals surface area contributed by atoms with E-state index in [9.17, 15) is 0 Å². The van der Waals surface area contributed by atoms with Gasteiger partial charge in [0.25, 0.3) is 0 Å². The quantitative estimate of drug-likeness (QED) is 0.410. The first-order valence-electron chi connectivity index (χ1n) is 0.463. The van der Waals surface area contributed by atoms with Crippen molar-refractivity contribution in [3.8, 4) is 0 Å². The van der Waals surface area contributed by atoms with Crippen molar-refractivity contribution in [3.63, 3.8) is 0 Å². The zero-order chi connectivity index (χ0) is 3.58. The van der Waals surface area contributed by atoms with E-state index in [-0.39, 0.29) is 0 Å². The fourth-order valence-electron chi connectivity index (χ4n) is 0. The molecule has 0 radical (unpaired) electrons. The molecule has 0 aromatic rings. The van der Waals surface area contributed by atoms with Gasteiger partial charge in [-0.2, -0.15) is 0 Å². The van der Waals surface area contributed by atoms with Gasteiger partial charge in [-0.3, -0.25) is 0 Å². The van der Waals surface area contributed by atoms with Gasteiger partial charge in [0.1, 0.15) is 0 Å². The topological polar surface area (TPSA) is 46.1 Å². The fourth-order valence-corrected chi connectivity index (χ4v) is 0. The third kappa shape index (κ3) is 10.6. The van der Waals surface area contributed by atoms with Crippen LogP contribution >= 0.6 is 0 Å². The van der Waals surface area contributed by atoms with E-state index in [4.69, 9.17) is 8.38 Å². The van der Waals surface area contributed by atoms with Gasteiger partial charge in [0.15, 0.2) is 0 Å². The molecule has 0 saturated heterocycles. The van der Waals surface area contributed by atoms with Gasteiger partial charge in [-0.1, -0.05) is 0 Å². The van der Waals surface area contributed by atoms with Crippen LogP contribution in [0.15, 0.2) is 0 Å². The van der Waals surface area contributed by atoms with E-state index in [1.807, 2.05) is 0 Å². The van der Waals surface area contributed by atoms with Gasteiger partial charge in [-0.25, -0.2) is 0 Å². The van der Waals surface area contributed by atoms with Crippen molar-refractivity contribution in [2.45, 2.75) is 0 Å². The van der Waals surface area contributed by atoms with Crippen molar-refractivity contribution in [1.82, 2.24) is 0 Å². The van der Waals surface area contributed by atoms with Crippen molar-refractivity contribution in [3.05, 3.63) is 0 Å². The van der Waals surface area contributed by atoms with Crippen molar-refractivity contribution in [2.75, 3.05) is 0 Å². The van der Waals surface area contributed by atoms with Crippen LogP contribution in [0.1, 0.15) is 0 Å². The van der Waals surface area contributed by atoms with Crippen LogP contribution in [0.25, 0.3) is 0 Å². The molecule has 0 bridgehead atoms. The summed E-state index contributed by atoms with van der Waals surface area (Å²) < 4.78 is 18.2. The summed E-state index contributed by atoms with van der Waals surface area (Å²) in [6, 6.07) is 0. The normalized spacial score (nSPS) is 8.75. The Hall–Kier alpha value is 1.23. The molecule has 0 aliphatic carbocycles. The monoisotopic (exact) mass is 217 g/mol.